The van der Waals surface area contributed by atoms with Gasteiger partial charge in [-0.25, -0.2) is 9.97 Å². The average molecular weight is 518 g/mol. The number of nitrogens with zero attached hydrogens (tertiary/aromatic N) is 5. The lowest BCUT2D eigenvalue weighted by Crippen LogP contribution is -2.50. The number of fused-ring (bicyclic) bond motifs is 1. The van der Waals surface area contributed by atoms with E-state index in [1.165, 1.54) is 5.56 Å². The van der Waals surface area contributed by atoms with E-state index in [2.05, 4.69) is 71.1 Å². The van der Waals surface area contributed by atoms with Crippen LogP contribution < -0.4 is 9.64 Å². The number of ether oxygens (including phenoxy) is 1. The molecule has 1 fully saturated rings. The molecule has 0 N–H and O–H groups in total. The molecule has 2 aromatic heterocycles. The fourth-order valence-electron chi connectivity index (χ4n) is 5.14. The second kappa shape index (κ2) is 10.6. The van der Waals surface area contributed by atoms with Gasteiger partial charge in [0.05, 0.1) is 5.39 Å². The predicted molar refractivity (Wildman–Crippen MR) is 155 cm³/mol. The molecular weight excluding hydrogens is 486 g/mol. The SMILES string of the molecule is Cc1ccc(-n2cc(-c3ccccc3)c3c(N4CCN(C(=O)COc5ccccc5C)CC4)ncnc32)cc1. The van der Waals surface area contributed by atoms with Gasteiger partial charge in [0.1, 0.15) is 17.9 Å². The van der Waals surface area contributed by atoms with Gasteiger partial charge in [-0.05, 0) is 43.2 Å². The summed E-state index contributed by atoms with van der Waals surface area (Å²) in [5, 5.41) is 1.02. The number of carbonyl (C=O) groups excluding carboxylic acids is 1. The highest BCUT2D eigenvalue weighted by Gasteiger charge is 2.26. The number of hydrogen-bond acceptors (Lipinski definition) is 5. The average Bonchev–Trinajstić information content (AvgIpc) is 3.37. The van der Waals surface area contributed by atoms with Crippen LogP contribution in [0.1, 0.15) is 11.1 Å². The van der Waals surface area contributed by atoms with E-state index >= 15 is 0 Å². The van der Waals surface area contributed by atoms with Gasteiger partial charge in [-0.3, -0.25) is 4.79 Å². The first-order valence-corrected chi connectivity index (χ1v) is 13.3. The minimum absolute atomic E-state index is 0.00114. The van der Waals surface area contributed by atoms with E-state index in [4.69, 9.17) is 14.7 Å². The van der Waals surface area contributed by atoms with Crippen molar-refractivity contribution in [1.29, 1.82) is 0 Å². The van der Waals surface area contributed by atoms with Crippen LogP contribution in [0.15, 0.2) is 91.4 Å². The zero-order valence-corrected chi connectivity index (χ0v) is 22.2. The van der Waals surface area contributed by atoms with Crippen LogP contribution in [0.25, 0.3) is 27.8 Å². The third-order valence-corrected chi connectivity index (χ3v) is 7.34. The van der Waals surface area contributed by atoms with Crippen LogP contribution in [-0.4, -0.2) is 58.1 Å². The Kier molecular flexibility index (Phi) is 6.71. The summed E-state index contributed by atoms with van der Waals surface area (Å²) in [6.07, 6.45) is 3.80. The van der Waals surface area contributed by atoms with Gasteiger partial charge >= 0.3 is 0 Å². The van der Waals surface area contributed by atoms with E-state index in [-0.39, 0.29) is 12.5 Å². The third-order valence-electron chi connectivity index (χ3n) is 7.34. The topological polar surface area (TPSA) is 63.5 Å². The van der Waals surface area contributed by atoms with E-state index in [0.717, 1.165) is 45.0 Å². The lowest BCUT2D eigenvalue weighted by atomic mass is 10.1. The second-order valence-corrected chi connectivity index (χ2v) is 9.93. The van der Waals surface area contributed by atoms with Gasteiger partial charge in [0.25, 0.3) is 5.91 Å². The number of aromatic nitrogens is 3. The van der Waals surface area contributed by atoms with E-state index in [1.54, 1.807) is 6.33 Å². The van der Waals surface area contributed by atoms with Gasteiger partial charge in [0, 0.05) is 43.6 Å². The quantitative estimate of drug-likeness (QED) is 0.301. The summed E-state index contributed by atoms with van der Waals surface area (Å²) in [5.74, 6) is 1.65. The van der Waals surface area contributed by atoms with Gasteiger partial charge in [0.2, 0.25) is 0 Å². The third kappa shape index (κ3) is 4.95. The molecule has 3 heterocycles. The Hall–Kier alpha value is -4.65. The molecular formula is C32H31N5O2. The number of aryl methyl sites for hydroxylation is 2. The number of piperazine rings is 1. The summed E-state index contributed by atoms with van der Waals surface area (Å²) in [4.78, 5) is 26.6. The van der Waals surface area contributed by atoms with Crippen molar-refractivity contribution in [3.05, 3.63) is 103 Å². The zero-order chi connectivity index (χ0) is 26.8. The van der Waals surface area contributed by atoms with Gasteiger partial charge in [0.15, 0.2) is 12.3 Å². The molecule has 5 aromatic rings. The van der Waals surface area contributed by atoms with Crippen LogP contribution >= 0.6 is 0 Å². The zero-order valence-electron chi connectivity index (χ0n) is 22.2. The predicted octanol–water partition coefficient (Wildman–Crippen LogP) is 5.43. The molecule has 6 rings (SSSR count). The summed E-state index contributed by atoms with van der Waals surface area (Å²) in [6.45, 7) is 6.71. The fourth-order valence-corrected chi connectivity index (χ4v) is 5.14. The summed E-state index contributed by atoms with van der Waals surface area (Å²) in [7, 11) is 0. The van der Waals surface area contributed by atoms with E-state index in [0.29, 0.717) is 26.2 Å². The highest BCUT2D eigenvalue weighted by Crippen LogP contribution is 2.37. The molecule has 196 valence electrons. The molecule has 0 spiro atoms. The Bertz CT molecular complexity index is 1600. The van der Waals surface area contributed by atoms with Crippen molar-refractivity contribution in [2.45, 2.75) is 13.8 Å². The largest absolute Gasteiger partial charge is 0.484 e. The van der Waals surface area contributed by atoms with Crippen LogP contribution in [0, 0.1) is 13.8 Å². The summed E-state index contributed by atoms with van der Waals surface area (Å²) in [5.41, 5.74) is 6.37. The Labute approximate surface area is 228 Å². The first kappa shape index (κ1) is 24.7. The van der Waals surface area contributed by atoms with Gasteiger partial charge < -0.3 is 19.1 Å². The van der Waals surface area contributed by atoms with E-state index in [9.17, 15) is 4.79 Å². The van der Waals surface area contributed by atoms with Crippen LogP contribution in [0.2, 0.25) is 0 Å². The molecule has 0 atom stereocenters. The fraction of sp³-hybridized carbons (Fsp3) is 0.219. The van der Waals surface area contributed by atoms with E-state index < -0.39 is 0 Å². The molecule has 1 saturated heterocycles. The maximum absolute atomic E-state index is 12.9. The second-order valence-electron chi connectivity index (χ2n) is 9.93. The number of hydrogen-bond donors (Lipinski definition) is 0. The Morgan fingerprint density at radius 3 is 2.31 bits per heavy atom. The minimum Gasteiger partial charge on any atom is -0.484 e. The molecule has 1 aliphatic rings. The molecule has 1 amide bonds. The first-order chi connectivity index (χ1) is 19.1. The van der Waals surface area contributed by atoms with Crippen LogP contribution in [0.3, 0.4) is 0 Å². The molecule has 0 unspecified atom stereocenters. The maximum atomic E-state index is 12.9. The molecule has 7 heteroatoms. The molecule has 0 saturated carbocycles. The Balaban J connectivity index is 1.27. The van der Waals surface area contributed by atoms with Gasteiger partial charge in [-0.2, -0.15) is 0 Å². The first-order valence-electron chi connectivity index (χ1n) is 13.3. The Morgan fingerprint density at radius 1 is 0.846 bits per heavy atom. The number of anilines is 1. The van der Waals surface area contributed by atoms with Crippen molar-refractivity contribution in [3.8, 4) is 22.6 Å². The van der Waals surface area contributed by atoms with Crippen molar-refractivity contribution in [2.24, 2.45) is 0 Å². The van der Waals surface area contributed by atoms with Crippen molar-refractivity contribution in [3.63, 3.8) is 0 Å². The molecule has 1 aliphatic heterocycles. The standard InChI is InChI=1S/C32H31N5O2/c1-23-12-14-26(15-13-23)37-20-27(25-9-4-3-5-10-25)30-31(33-22-34-32(30)37)36-18-16-35(17-19-36)29(38)21-39-28-11-7-6-8-24(28)2/h3-15,20,22H,16-19,21H2,1-2H3. The molecule has 3 aromatic carbocycles. The maximum Gasteiger partial charge on any atom is 0.260 e. The number of amides is 1. The van der Waals surface area contributed by atoms with Crippen molar-refractivity contribution >= 4 is 22.8 Å². The molecule has 0 radical (unpaired) electrons. The summed E-state index contributed by atoms with van der Waals surface area (Å²) < 4.78 is 7.95. The van der Waals surface area contributed by atoms with Crippen LogP contribution in [0.5, 0.6) is 5.75 Å². The van der Waals surface area contributed by atoms with Crippen molar-refractivity contribution < 1.29 is 9.53 Å². The van der Waals surface area contributed by atoms with Crippen LogP contribution in [-0.2, 0) is 4.79 Å². The normalized spacial score (nSPS) is 13.6. The monoisotopic (exact) mass is 517 g/mol. The molecule has 39 heavy (non-hydrogen) atoms. The molecule has 0 aliphatic carbocycles. The van der Waals surface area contributed by atoms with E-state index in [1.807, 2.05) is 42.2 Å². The lowest BCUT2D eigenvalue weighted by Gasteiger charge is -2.35. The number of rotatable bonds is 6. The Morgan fingerprint density at radius 2 is 1.56 bits per heavy atom. The van der Waals surface area contributed by atoms with Crippen molar-refractivity contribution in [1.82, 2.24) is 19.4 Å². The van der Waals surface area contributed by atoms with Gasteiger partial charge in [-0.1, -0.05) is 66.2 Å². The smallest absolute Gasteiger partial charge is 0.260 e. The lowest BCUT2D eigenvalue weighted by molar-refractivity contribution is -0.133. The molecule has 0 bridgehead atoms. The minimum atomic E-state index is 0.00114. The highest BCUT2D eigenvalue weighted by atomic mass is 16.5. The van der Waals surface area contributed by atoms with Gasteiger partial charge in [-0.15, -0.1) is 0 Å². The summed E-state index contributed by atoms with van der Waals surface area (Å²) in [6, 6.07) is 26.6. The molecule has 7 nitrogen and oxygen atoms in total. The summed E-state index contributed by atoms with van der Waals surface area (Å²) >= 11 is 0. The number of para-hydroxylation sites is 1. The number of carbonyl (C=O) groups is 1. The highest BCUT2D eigenvalue weighted by molar-refractivity contribution is 6.02. The van der Waals surface area contributed by atoms with Crippen molar-refractivity contribution in [2.75, 3.05) is 37.7 Å². The van der Waals surface area contributed by atoms with Crippen LogP contribution in [0.4, 0.5) is 5.82 Å². The number of benzene rings is 3.